The van der Waals surface area contributed by atoms with Gasteiger partial charge in [-0.05, 0) is 50.6 Å². The van der Waals surface area contributed by atoms with E-state index in [-0.39, 0.29) is 6.61 Å². The zero-order chi connectivity index (χ0) is 15.0. The number of hydrogen-bond acceptors (Lipinski definition) is 3. The van der Waals surface area contributed by atoms with Crippen molar-refractivity contribution in [2.45, 2.75) is 39.8 Å². The van der Waals surface area contributed by atoms with E-state index in [1.54, 1.807) is 7.11 Å². The zero-order valence-electron chi connectivity index (χ0n) is 12.9. The summed E-state index contributed by atoms with van der Waals surface area (Å²) in [5.74, 6) is 6.58. The van der Waals surface area contributed by atoms with Crippen LogP contribution in [0.3, 0.4) is 0 Å². The molecule has 0 spiro atoms. The third-order valence-electron chi connectivity index (χ3n) is 3.23. The Morgan fingerprint density at radius 2 is 2.10 bits per heavy atom. The van der Waals surface area contributed by atoms with Crippen molar-refractivity contribution in [1.82, 2.24) is 4.90 Å². The maximum Gasteiger partial charge on any atom is 0.119 e. The summed E-state index contributed by atoms with van der Waals surface area (Å²) in [5, 5.41) is 8.86. The third-order valence-corrected chi connectivity index (χ3v) is 3.23. The molecule has 20 heavy (non-hydrogen) atoms. The highest BCUT2D eigenvalue weighted by Gasteiger charge is 2.12. The van der Waals surface area contributed by atoms with Crippen molar-refractivity contribution in [1.29, 1.82) is 0 Å². The number of ether oxygens (including phenoxy) is 1. The maximum atomic E-state index is 8.86. The quantitative estimate of drug-likeness (QED) is 0.810. The minimum atomic E-state index is -0.117. The van der Waals surface area contributed by atoms with E-state index >= 15 is 0 Å². The second kappa shape index (κ2) is 8.63. The normalized spacial score (nSPS) is 10.6. The molecule has 3 nitrogen and oxygen atoms in total. The second-order valence-corrected chi connectivity index (χ2v) is 5.05. The summed E-state index contributed by atoms with van der Waals surface area (Å²) in [6, 6.07) is 6.39. The first-order valence-electron chi connectivity index (χ1n) is 7.13. The highest BCUT2D eigenvalue weighted by atomic mass is 16.5. The van der Waals surface area contributed by atoms with Gasteiger partial charge in [-0.25, -0.2) is 0 Å². The van der Waals surface area contributed by atoms with Gasteiger partial charge in [-0.2, -0.15) is 0 Å². The molecule has 1 aromatic carbocycles. The summed E-state index contributed by atoms with van der Waals surface area (Å²) in [5.41, 5.74) is 2.11. The number of methoxy groups -OCH3 is 1. The smallest absolute Gasteiger partial charge is 0.119 e. The molecular weight excluding hydrogens is 250 g/mol. The van der Waals surface area contributed by atoms with Crippen LogP contribution in [-0.4, -0.2) is 36.3 Å². The Morgan fingerprint density at radius 1 is 1.35 bits per heavy atom. The molecule has 0 amide bonds. The van der Waals surface area contributed by atoms with E-state index in [0.717, 1.165) is 36.4 Å². The SMILES string of the molecule is CCCN(Cc1cc(OC)ccc1C#CCO)C(C)C. The van der Waals surface area contributed by atoms with Gasteiger partial charge in [0.25, 0.3) is 0 Å². The highest BCUT2D eigenvalue weighted by molar-refractivity contribution is 5.45. The van der Waals surface area contributed by atoms with Gasteiger partial charge in [0.2, 0.25) is 0 Å². The van der Waals surface area contributed by atoms with Gasteiger partial charge in [-0.15, -0.1) is 0 Å². The number of rotatable bonds is 6. The van der Waals surface area contributed by atoms with Crippen LogP contribution in [0.1, 0.15) is 38.3 Å². The van der Waals surface area contributed by atoms with Crippen molar-refractivity contribution in [3.05, 3.63) is 29.3 Å². The first kappa shape index (κ1) is 16.6. The predicted molar refractivity (Wildman–Crippen MR) is 82.8 cm³/mol. The molecule has 0 unspecified atom stereocenters. The van der Waals surface area contributed by atoms with E-state index in [4.69, 9.17) is 9.84 Å². The molecule has 110 valence electrons. The fourth-order valence-electron chi connectivity index (χ4n) is 2.11. The molecular formula is C17H25NO2. The van der Waals surface area contributed by atoms with Crippen molar-refractivity contribution in [3.8, 4) is 17.6 Å². The number of hydrogen-bond donors (Lipinski definition) is 1. The second-order valence-electron chi connectivity index (χ2n) is 5.05. The molecule has 0 aromatic heterocycles. The van der Waals surface area contributed by atoms with Gasteiger partial charge in [0.05, 0.1) is 7.11 Å². The Morgan fingerprint density at radius 3 is 2.65 bits per heavy atom. The average molecular weight is 275 g/mol. The maximum absolute atomic E-state index is 8.86. The van der Waals surface area contributed by atoms with Gasteiger partial charge in [0.15, 0.2) is 0 Å². The fraction of sp³-hybridized carbons (Fsp3) is 0.529. The first-order valence-corrected chi connectivity index (χ1v) is 7.13. The van der Waals surface area contributed by atoms with Gasteiger partial charge < -0.3 is 9.84 Å². The third kappa shape index (κ3) is 4.88. The van der Waals surface area contributed by atoms with E-state index in [2.05, 4.69) is 37.5 Å². The lowest BCUT2D eigenvalue weighted by Gasteiger charge is -2.26. The Hall–Kier alpha value is -1.50. The molecule has 0 heterocycles. The minimum absolute atomic E-state index is 0.117. The molecule has 0 aliphatic rings. The summed E-state index contributed by atoms with van der Waals surface area (Å²) < 4.78 is 5.30. The standard InChI is InChI=1S/C17H25NO2/c1-5-10-18(14(2)3)13-16-12-17(20-4)9-8-15(16)7-6-11-19/h8-9,12,14,19H,5,10-11,13H2,1-4H3. The number of aliphatic hydroxyl groups excluding tert-OH is 1. The minimum Gasteiger partial charge on any atom is -0.497 e. The first-order chi connectivity index (χ1) is 9.62. The van der Waals surface area contributed by atoms with E-state index in [9.17, 15) is 0 Å². The lowest BCUT2D eigenvalue weighted by molar-refractivity contribution is 0.213. The number of nitrogens with zero attached hydrogens (tertiary/aromatic N) is 1. The fourth-order valence-corrected chi connectivity index (χ4v) is 2.11. The summed E-state index contributed by atoms with van der Waals surface area (Å²) in [6.45, 7) is 8.38. The van der Waals surface area contributed by atoms with Crippen LogP contribution >= 0.6 is 0 Å². The molecule has 0 saturated carbocycles. The van der Waals surface area contributed by atoms with Gasteiger partial charge in [0.1, 0.15) is 12.4 Å². The van der Waals surface area contributed by atoms with Crippen LogP contribution in [0.2, 0.25) is 0 Å². The van der Waals surface area contributed by atoms with Crippen LogP contribution in [0, 0.1) is 11.8 Å². The summed E-state index contributed by atoms with van der Waals surface area (Å²) in [7, 11) is 1.67. The van der Waals surface area contributed by atoms with Crippen LogP contribution in [0.25, 0.3) is 0 Å². The number of benzene rings is 1. The molecule has 0 bridgehead atoms. The van der Waals surface area contributed by atoms with Crippen molar-refractivity contribution < 1.29 is 9.84 Å². The van der Waals surface area contributed by atoms with E-state index < -0.39 is 0 Å². The molecule has 0 atom stereocenters. The van der Waals surface area contributed by atoms with Gasteiger partial charge in [-0.3, -0.25) is 4.90 Å². The molecule has 3 heteroatoms. The molecule has 0 saturated heterocycles. The zero-order valence-corrected chi connectivity index (χ0v) is 12.9. The van der Waals surface area contributed by atoms with Crippen molar-refractivity contribution in [3.63, 3.8) is 0 Å². The van der Waals surface area contributed by atoms with Crippen molar-refractivity contribution in [2.24, 2.45) is 0 Å². The molecule has 0 radical (unpaired) electrons. The van der Waals surface area contributed by atoms with Crippen molar-refractivity contribution >= 4 is 0 Å². The van der Waals surface area contributed by atoms with Gasteiger partial charge >= 0.3 is 0 Å². The summed E-state index contributed by atoms with van der Waals surface area (Å²) in [6.07, 6.45) is 1.12. The molecule has 1 rings (SSSR count). The van der Waals surface area contributed by atoms with Crippen LogP contribution in [-0.2, 0) is 6.54 Å². The average Bonchev–Trinajstić information content (AvgIpc) is 2.45. The lowest BCUT2D eigenvalue weighted by atomic mass is 10.1. The van der Waals surface area contributed by atoms with Crippen LogP contribution < -0.4 is 4.74 Å². The molecule has 0 fully saturated rings. The van der Waals surface area contributed by atoms with E-state index in [1.165, 1.54) is 0 Å². The Balaban J connectivity index is 3.05. The van der Waals surface area contributed by atoms with Crippen LogP contribution in [0.15, 0.2) is 18.2 Å². The highest BCUT2D eigenvalue weighted by Crippen LogP contribution is 2.20. The van der Waals surface area contributed by atoms with E-state index in [1.807, 2.05) is 18.2 Å². The topological polar surface area (TPSA) is 32.7 Å². The van der Waals surface area contributed by atoms with Crippen LogP contribution in [0.5, 0.6) is 5.75 Å². The lowest BCUT2D eigenvalue weighted by Crippen LogP contribution is -2.31. The molecule has 0 aliphatic carbocycles. The predicted octanol–water partition coefficient (Wildman–Crippen LogP) is 2.66. The Kier molecular flexibility index (Phi) is 7.14. The van der Waals surface area contributed by atoms with Gasteiger partial charge in [0, 0.05) is 18.2 Å². The van der Waals surface area contributed by atoms with E-state index in [0.29, 0.717) is 6.04 Å². The summed E-state index contributed by atoms with van der Waals surface area (Å²) in [4.78, 5) is 2.42. The van der Waals surface area contributed by atoms with Gasteiger partial charge in [-0.1, -0.05) is 18.8 Å². The molecule has 1 aromatic rings. The number of aliphatic hydroxyl groups is 1. The molecule has 0 aliphatic heterocycles. The molecule has 1 N–H and O–H groups in total. The Labute approximate surface area is 122 Å². The largest absolute Gasteiger partial charge is 0.497 e. The summed E-state index contributed by atoms with van der Waals surface area (Å²) >= 11 is 0. The van der Waals surface area contributed by atoms with Crippen LogP contribution in [0.4, 0.5) is 0 Å². The Bertz CT molecular complexity index is 472. The monoisotopic (exact) mass is 275 g/mol. The van der Waals surface area contributed by atoms with Crippen molar-refractivity contribution in [2.75, 3.05) is 20.3 Å².